The average Bonchev–Trinajstić information content (AvgIpc) is 3.32. The summed E-state index contributed by atoms with van der Waals surface area (Å²) in [5, 5.41) is 7.65. The summed E-state index contributed by atoms with van der Waals surface area (Å²) in [6, 6.07) is 4.87. The molecular formula is C17H16F3N3O2S2. The van der Waals surface area contributed by atoms with Crippen LogP contribution in [0.25, 0.3) is 0 Å². The third kappa shape index (κ3) is 4.49. The van der Waals surface area contributed by atoms with Crippen LogP contribution in [0.4, 0.5) is 18.3 Å². The molecule has 1 amide bonds. The van der Waals surface area contributed by atoms with Crippen LogP contribution in [-0.4, -0.2) is 33.2 Å². The first-order valence-corrected chi connectivity index (χ1v) is 9.88. The number of carbonyl (C=O) groups is 2. The van der Waals surface area contributed by atoms with Crippen molar-refractivity contribution in [2.45, 2.75) is 48.5 Å². The van der Waals surface area contributed by atoms with Crippen LogP contribution in [0.2, 0.25) is 0 Å². The van der Waals surface area contributed by atoms with Gasteiger partial charge in [0.2, 0.25) is 11.0 Å². The molecule has 2 aromatic rings. The van der Waals surface area contributed by atoms with Gasteiger partial charge in [0.15, 0.2) is 10.1 Å². The maximum Gasteiger partial charge on any atom is 0.417 e. The van der Waals surface area contributed by atoms with Gasteiger partial charge in [0.05, 0.1) is 10.8 Å². The zero-order valence-corrected chi connectivity index (χ0v) is 16.1. The molecule has 1 heterocycles. The number of anilines is 1. The Bertz CT molecular complexity index is 865. The number of amides is 1. The Labute approximate surface area is 162 Å². The lowest BCUT2D eigenvalue weighted by atomic mass is 10.0. The second-order valence-electron chi connectivity index (χ2n) is 6.14. The molecule has 1 aliphatic rings. The van der Waals surface area contributed by atoms with Crippen LogP contribution in [0, 0.1) is 0 Å². The molecule has 1 aromatic heterocycles. The van der Waals surface area contributed by atoms with Gasteiger partial charge in [-0.15, -0.1) is 10.2 Å². The maximum absolute atomic E-state index is 13.1. The van der Waals surface area contributed by atoms with Crippen LogP contribution in [-0.2, 0) is 11.0 Å². The van der Waals surface area contributed by atoms with E-state index < -0.39 is 22.8 Å². The van der Waals surface area contributed by atoms with Gasteiger partial charge in [-0.1, -0.05) is 41.3 Å². The fraction of sp³-hybridized carbons (Fsp3) is 0.412. The number of alkyl halides is 3. The van der Waals surface area contributed by atoms with E-state index in [0.29, 0.717) is 9.47 Å². The summed E-state index contributed by atoms with van der Waals surface area (Å²) in [5.74, 6) is -0.760. The molecule has 0 N–H and O–H groups in total. The van der Waals surface area contributed by atoms with Gasteiger partial charge in [0.1, 0.15) is 0 Å². The third-order valence-corrected chi connectivity index (χ3v) is 6.10. The minimum Gasteiger partial charge on any atom is -0.293 e. The molecule has 0 saturated heterocycles. The zero-order valence-electron chi connectivity index (χ0n) is 14.5. The molecule has 27 heavy (non-hydrogen) atoms. The molecule has 3 rings (SSSR count). The molecule has 1 fully saturated rings. The van der Waals surface area contributed by atoms with Gasteiger partial charge >= 0.3 is 6.18 Å². The minimum atomic E-state index is -4.60. The number of hydrogen-bond acceptors (Lipinski definition) is 6. The van der Waals surface area contributed by atoms with E-state index in [1.165, 1.54) is 32.0 Å². The highest BCUT2D eigenvalue weighted by molar-refractivity contribution is 8.02. The Balaban J connectivity index is 1.76. The first-order chi connectivity index (χ1) is 12.7. The molecule has 1 unspecified atom stereocenters. The fourth-order valence-corrected chi connectivity index (χ4v) is 4.77. The van der Waals surface area contributed by atoms with Gasteiger partial charge in [-0.05, 0) is 25.8 Å². The number of thioether (sulfide) groups is 1. The maximum atomic E-state index is 13.1. The summed E-state index contributed by atoms with van der Waals surface area (Å²) in [5.41, 5.74) is -1.31. The van der Waals surface area contributed by atoms with Gasteiger partial charge in [0, 0.05) is 18.5 Å². The van der Waals surface area contributed by atoms with Crippen molar-refractivity contribution in [1.82, 2.24) is 10.2 Å². The lowest BCUT2D eigenvalue weighted by Gasteiger charge is -2.15. The number of carbonyl (C=O) groups excluding carboxylic acids is 2. The average molecular weight is 415 g/mol. The van der Waals surface area contributed by atoms with Crippen molar-refractivity contribution in [2.75, 3.05) is 4.90 Å². The summed E-state index contributed by atoms with van der Waals surface area (Å²) in [7, 11) is 0. The molecule has 1 aliphatic carbocycles. The summed E-state index contributed by atoms with van der Waals surface area (Å²) >= 11 is 2.20. The van der Waals surface area contributed by atoms with E-state index in [9.17, 15) is 22.8 Å². The number of ketones is 1. The predicted molar refractivity (Wildman–Crippen MR) is 97.2 cm³/mol. The van der Waals surface area contributed by atoms with Crippen molar-refractivity contribution < 1.29 is 22.8 Å². The smallest absolute Gasteiger partial charge is 0.293 e. The lowest BCUT2D eigenvalue weighted by molar-refractivity contribution is -0.137. The molecule has 0 aliphatic heterocycles. The van der Waals surface area contributed by atoms with E-state index >= 15 is 0 Å². The SMILES string of the molecule is CC(=O)N(c1nnc(SC(C)C(=O)c2ccccc2C(F)(F)F)s1)C1CC1. The Kier molecular flexibility index (Phi) is 5.57. The third-order valence-electron chi connectivity index (χ3n) is 4.00. The Morgan fingerprint density at radius 2 is 1.93 bits per heavy atom. The van der Waals surface area contributed by atoms with Crippen LogP contribution >= 0.6 is 23.1 Å². The summed E-state index contributed by atoms with van der Waals surface area (Å²) in [6.45, 7) is 2.98. The molecule has 0 radical (unpaired) electrons. The molecule has 1 aromatic carbocycles. The molecule has 10 heteroatoms. The van der Waals surface area contributed by atoms with Crippen molar-refractivity contribution >= 4 is 39.9 Å². The van der Waals surface area contributed by atoms with Crippen molar-refractivity contribution in [2.24, 2.45) is 0 Å². The van der Waals surface area contributed by atoms with E-state index in [2.05, 4.69) is 10.2 Å². The number of rotatable bonds is 6. The Morgan fingerprint density at radius 1 is 1.26 bits per heavy atom. The van der Waals surface area contributed by atoms with Crippen LogP contribution in [0.1, 0.15) is 42.6 Å². The van der Waals surface area contributed by atoms with Gasteiger partial charge in [-0.2, -0.15) is 13.2 Å². The number of benzene rings is 1. The number of aromatic nitrogens is 2. The van der Waals surface area contributed by atoms with E-state index in [1.54, 1.807) is 4.90 Å². The van der Waals surface area contributed by atoms with E-state index in [0.717, 1.165) is 42.0 Å². The lowest BCUT2D eigenvalue weighted by Crippen LogP contribution is -2.30. The molecule has 144 valence electrons. The first kappa shape index (κ1) is 19.8. The monoisotopic (exact) mass is 415 g/mol. The van der Waals surface area contributed by atoms with E-state index in [-0.39, 0.29) is 17.5 Å². The Morgan fingerprint density at radius 3 is 2.52 bits per heavy atom. The molecular weight excluding hydrogens is 399 g/mol. The van der Waals surface area contributed by atoms with Crippen LogP contribution < -0.4 is 4.90 Å². The molecule has 1 atom stereocenters. The molecule has 0 spiro atoms. The summed E-state index contributed by atoms with van der Waals surface area (Å²) < 4.78 is 39.8. The van der Waals surface area contributed by atoms with E-state index in [1.807, 2.05) is 0 Å². The second kappa shape index (κ2) is 7.59. The minimum absolute atomic E-state index is 0.131. The molecule has 1 saturated carbocycles. The Hall–Kier alpha value is -1.94. The largest absolute Gasteiger partial charge is 0.417 e. The van der Waals surface area contributed by atoms with Crippen molar-refractivity contribution in [3.05, 3.63) is 35.4 Å². The highest BCUT2D eigenvalue weighted by atomic mass is 32.2. The van der Waals surface area contributed by atoms with Crippen LogP contribution in [0.3, 0.4) is 0 Å². The van der Waals surface area contributed by atoms with Gasteiger partial charge in [0.25, 0.3) is 0 Å². The summed E-state index contributed by atoms with van der Waals surface area (Å²) in [6.07, 6.45) is -2.78. The summed E-state index contributed by atoms with van der Waals surface area (Å²) in [4.78, 5) is 25.9. The number of hydrogen-bond donors (Lipinski definition) is 0. The molecule has 5 nitrogen and oxygen atoms in total. The number of halogens is 3. The predicted octanol–water partition coefficient (Wildman–Crippen LogP) is 4.44. The first-order valence-electron chi connectivity index (χ1n) is 8.19. The highest BCUT2D eigenvalue weighted by Crippen LogP contribution is 2.38. The quantitative estimate of drug-likeness (QED) is 0.397. The van der Waals surface area contributed by atoms with Crippen LogP contribution in [0.5, 0.6) is 0 Å². The van der Waals surface area contributed by atoms with E-state index in [4.69, 9.17) is 0 Å². The van der Waals surface area contributed by atoms with Crippen molar-refractivity contribution in [3.63, 3.8) is 0 Å². The van der Waals surface area contributed by atoms with Crippen molar-refractivity contribution in [3.8, 4) is 0 Å². The number of Topliss-reactive ketones (excluding diaryl/α,β-unsaturated/α-hetero) is 1. The zero-order chi connectivity index (χ0) is 19.8. The molecule has 0 bridgehead atoms. The van der Waals surface area contributed by atoms with Gasteiger partial charge in [-0.3, -0.25) is 14.5 Å². The van der Waals surface area contributed by atoms with Gasteiger partial charge in [-0.25, -0.2) is 0 Å². The van der Waals surface area contributed by atoms with Gasteiger partial charge < -0.3 is 0 Å². The van der Waals surface area contributed by atoms with Crippen molar-refractivity contribution in [1.29, 1.82) is 0 Å². The number of nitrogens with zero attached hydrogens (tertiary/aromatic N) is 3. The van der Waals surface area contributed by atoms with Crippen LogP contribution in [0.15, 0.2) is 28.6 Å². The fourth-order valence-electron chi connectivity index (χ4n) is 2.60. The second-order valence-corrected chi connectivity index (χ2v) is 8.68. The standard InChI is InChI=1S/C17H16F3N3O2S2/c1-9(14(25)12-5-3-4-6-13(12)17(18,19)20)26-16-22-21-15(27-16)23(10(2)24)11-7-8-11/h3-6,9,11H,7-8H2,1-2H3. The normalized spacial score (nSPS) is 15.4. The highest BCUT2D eigenvalue weighted by Gasteiger charge is 2.37. The topological polar surface area (TPSA) is 63.2 Å².